The van der Waals surface area contributed by atoms with Crippen LogP contribution >= 0.6 is 11.6 Å². The molecule has 0 saturated carbocycles. The van der Waals surface area contributed by atoms with Crippen molar-refractivity contribution in [3.63, 3.8) is 0 Å². The summed E-state index contributed by atoms with van der Waals surface area (Å²) in [6.45, 7) is 3.88. The molecular weight excluding hydrogens is 298 g/mol. The minimum atomic E-state index is -0.174. The van der Waals surface area contributed by atoms with Gasteiger partial charge in [0.25, 0.3) is 0 Å². The number of hydrogen-bond acceptors (Lipinski definition) is 3. The minimum Gasteiger partial charge on any atom is -0.390 e. The summed E-state index contributed by atoms with van der Waals surface area (Å²) < 4.78 is 1.76. The van der Waals surface area contributed by atoms with E-state index < -0.39 is 0 Å². The molecule has 1 N–H and O–H groups in total. The molecule has 2 aromatic carbocycles. The van der Waals surface area contributed by atoms with E-state index >= 15 is 0 Å². The Kier molecular flexibility index (Phi) is 3.96. The average Bonchev–Trinajstić information content (AvgIpc) is 2.93. The van der Waals surface area contributed by atoms with Gasteiger partial charge in [-0.05, 0) is 43.2 Å². The molecule has 1 aromatic heterocycles. The van der Waals surface area contributed by atoms with Gasteiger partial charge in [-0.25, -0.2) is 4.68 Å². The molecule has 0 aliphatic heterocycles. The van der Waals surface area contributed by atoms with Crippen LogP contribution in [0, 0.1) is 13.8 Å². The highest BCUT2D eigenvalue weighted by atomic mass is 35.5. The molecule has 0 fully saturated rings. The van der Waals surface area contributed by atoms with Crippen molar-refractivity contribution in [3.05, 3.63) is 64.3 Å². The lowest BCUT2D eigenvalue weighted by Crippen LogP contribution is -2.03. The number of nitrogens with zero attached hydrogens (tertiary/aromatic N) is 3. The van der Waals surface area contributed by atoms with Gasteiger partial charge in [-0.1, -0.05) is 41.1 Å². The lowest BCUT2D eigenvalue weighted by atomic mass is 10.1. The second-order valence-electron chi connectivity index (χ2n) is 5.25. The van der Waals surface area contributed by atoms with Crippen LogP contribution in [0.25, 0.3) is 16.9 Å². The van der Waals surface area contributed by atoms with Crippen LogP contribution in [0.5, 0.6) is 0 Å². The molecule has 0 bridgehead atoms. The van der Waals surface area contributed by atoms with Gasteiger partial charge in [0, 0.05) is 10.6 Å². The Morgan fingerprint density at radius 2 is 1.95 bits per heavy atom. The van der Waals surface area contributed by atoms with Crippen LogP contribution in [0.4, 0.5) is 0 Å². The van der Waals surface area contributed by atoms with Gasteiger partial charge in [-0.15, -0.1) is 5.10 Å². The zero-order chi connectivity index (χ0) is 15.7. The molecule has 4 nitrogen and oxygen atoms in total. The third-order valence-electron chi connectivity index (χ3n) is 3.58. The Balaban J connectivity index is 2.26. The highest BCUT2D eigenvalue weighted by Crippen LogP contribution is 2.28. The van der Waals surface area contributed by atoms with Gasteiger partial charge >= 0.3 is 0 Å². The highest BCUT2D eigenvalue weighted by molar-refractivity contribution is 6.30. The number of aliphatic hydroxyl groups excluding tert-OH is 1. The van der Waals surface area contributed by atoms with E-state index in [4.69, 9.17) is 11.6 Å². The highest BCUT2D eigenvalue weighted by Gasteiger charge is 2.17. The summed E-state index contributed by atoms with van der Waals surface area (Å²) in [5.74, 6) is 0. The van der Waals surface area contributed by atoms with Gasteiger partial charge < -0.3 is 5.11 Å². The molecule has 112 valence electrons. The number of rotatable bonds is 3. The second kappa shape index (κ2) is 5.91. The van der Waals surface area contributed by atoms with Crippen LogP contribution < -0.4 is 0 Å². The summed E-state index contributed by atoms with van der Waals surface area (Å²) >= 11 is 6.10. The fourth-order valence-corrected chi connectivity index (χ4v) is 2.65. The minimum absolute atomic E-state index is 0.174. The summed E-state index contributed by atoms with van der Waals surface area (Å²) in [4.78, 5) is 0. The molecule has 5 heteroatoms. The van der Waals surface area contributed by atoms with Crippen LogP contribution in [0.15, 0.2) is 42.5 Å². The Morgan fingerprint density at radius 1 is 1.14 bits per heavy atom. The van der Waals surface area contributed by atoms with Crippen molar-refractivity contribution in [3.8, 4) is 16.9 Å². The second-order valence-corrected chi connectivity index (χ2v) is 5.69. The maximum atomic E-state index is 9.58. The van der Waals surface area contributed by atoms with Crippen LogP contribution in [-0.4, -0.2) is 20.1 Å². The van der Waals surface area contributed by atoms with Crippen LogP contribution in [0.3, 0.4) is 0 Å². The third-order valence-corrected chi connectivity index (χ3v) is 3.82. The Bertz CT molecular complexity index is 827. The topological polar surface area (TPSA) is 50.9 Å². The number of aliphatic hydroxyl groups is 1. The third kappa shape index (κ3) is 2.63. The first-order valence-corrected chi connectivity index (χ1v) is 7.37. The summed E-state index contributed by atoms with van der Waals surface area (Å²) in [6, 6.07) is 13.6. The zero-order valence-electron chi connectivity index (χ0n) is 12.4. The molecule has 0 saturated heterocycles. The molecule has 0 amide bonds. The van der Waals surface area contributed by atoms with Crippen molar-refractivity contribution in [1.29, 1.82) is 0 Å². The van der Waals surface area contributed by atoms with E-state index in [0.717, 1.165) is 28.1 Å². The van der Waals surface area contributed by atoms with E-state index in [1.165, 1.54) is 0 Å². The molecule has 0 aliphatic rings. The molecule has 22 heavy (non-hydrogen) atoms. The number of aryl methyl sites for hydroxylation is 2. The molecule has 3 aromatic rings. The Hall–Kier alpha value is -2.17. The van der Waals surface area contributed by atoms with E-state index in [-0.39, 0.29) is 6.61 Å². The van der Waals surface area contributed by atoms with Gasteiger partial charge in [0.15, 0.2) is 0 Å². The first kappa shape index (κ1) is 14.8. The number of halogens is 1. The van der Waals surface area contributed by atoms with E-state index in [1.807, 2.05) is 44.2 Å². The van der Waals surface area contributed by atoms with Gasteiger partial charge in [0.1, 0.15) is 11.4 Å². The van der Waals surface area contributed by atoms with Crippen molar-refractivity contribution < 1.29 is 5.11 Å². The number of hydrogen-bond donors (Lipinski definition) is 1. The summed E-state index contributed by atoms with van der Waals surface area (Å²) in [5, 5.41) is 18.6. The molecule has 0 unspecified atom stereocenters. The Labute approximate surface area is 134 Å². The zero-order valence-corrected chi connectivity index (χ0v) is 13.2. The summed E-state index contributed by atoms with van der Waals surface area (Å²) in [5.41, 5.74) is 5.34. The van der Waals surface area contributed by atoms with Gasteiger partial charge in [-0.3, -0.25) is 0 Å². The maximum absolute atomic E-state index is 9.58. The van der Waals surface area contributed by atoms with E-state index in [1.54, 1.807) is 4.68 Å². The lowest BCUT2D eigenvalue weighted by molar-refractivity contribution is 0.277. The van der Waals surface area contributed by atoms with E-state index in [9.17, 15) is 5.11 Å². The molecule has 0 radical (unpaired) electrons. The van der Waals surface area contributed by atoms with E-state index in [2.05, 4.69) is 22.4 Å². The van der Waals surface area contributed by atoms with Gasteiger partial charge in [0.2, 0.25) is 0 Å². The monoisotopic (exact) mass is 313 g/mol. The molecular formula is C17H16ClN3O. The predicted octanol–water partition coefficient (Wildman–Crippen LogP) is 3.70. The smallest absolute Gasteiger partial charge is 0.117 e. The molecule has 0 atom stereocenters. The fourth-order valence-electron chi connectivity index (χ4n) is 2.46. The normalized spacial score (nSPS) is 10.9. The lowest BCUT2D eigenvalue weighted by Gasteiger charge is -2.11. The molecule has 0 spiro atoms. The number of aromatic nitrogens is 3. The SMILES string of the molecule is Cc1ccc(C)c(-n2nnc(CO)c2-c2cccc(Cl)c2)c1. The van der Waals surface area contributed by atoms with Crippen molar-refractivity contribution in [2.75, 3.05) is 0 Å². The largest absolute Gasteiger partial charge is 0.390 e. The first-order chi connectivity index (χ1) is 10.6. The van der Waals surface area contributed by atoms with E-state index in [0.29, 0.717) is 10.7 Å². The van der Waals surface area contributed by atoms with Gasteiger partial charge in [0.05, 0.1) is 12.3 Å². The maximum Gasteiger partial charge on any atom is 0.117 e. The van der Waals surface area contributed by atoms with Crippen LogP contribution in [-0.2, 0) is 6.61 Å². The van der Waals surface area contributed by atoms with Gasteiger partial charge in [-0.2, -0.15) is 0 Å². The average molecular weight is 314 g/mol. The molecule has 3 rings (SSSR count). The fraction of sp³-hybridized carbons (Fsp3) is 0.176. The van der Waals surface area contributed by atoms with Crippen molar-refractivity contribution in [1.82, 2.24) is 15.0 Å². The number of benzene rings is 2. The summed E-state index contributed by atoms with van der Waals surface area (Å²) in [7, 11) is 0. The summed E-state index contributed by atoms with van der Waals surface area (Å²) in [6.07, 6.45) is 0. The molecule has 1 heterocycles. The van der Waals surface area contributed by atoms with Crippen molar-refractivity contribution in [2.45, 2.75) is 20.5 Å². The predicted molar refractivity (Wildman–Crippen MR) is 87.2 cm³/mol. The van der Waals surface area contributed by atoms with Crippen LogP contribution in [0.1, 0.15) is 16.8 Å². The van der Waals surface area contributed by atoms with Crippen LogP contribution in [0.2, 0.25) is 5.02 Å². The quantitative estimate of drug-likeness (QED) is 0.802. The molecule has 0 aliphatic carbocycles. The Morgan fingerprint density at radius 3 is 2.68 bits per heavy atom. The standard InChI is InChI=1S/C17H16ClN3O/c1-11-6-7-12(2)16(8-11)21-17(15(10-22)19-20-21)13-4-3-5-14(18)9-13/h3-9,22H,10H2,1-2H3. The van der Waals surface area contributed by atoms with Crippen molar-refractivity contribution in [2.24, 2.45) is 0 Å². The first-order valence-electron chi connectivity index (χ1n) is 6.99. The van der Waals surface area contributed by atoms with Crippen molar-refractivity contribution >= 4 is 11.6 Å².